The summed E-state index contributed by atoms with van der Waals surface area (Å²) in [7, 11) is 1.28. The molecule has 0 aromatic heterocycles. The van der Waals surface area contributed by atoms with Crippen LogP contribution < -0.4 is 0 Å². The first kappa shape index (κ1) is 12.6. The van der Waals surface area contributed by atoms with E-state index in [9.17, 15) is 15.0 Å². The molecule has 0 fully saturated rings. The zero-order valence-electron chi connectivity index (χ0n) is 9.24. The summed E-state index contributed by atoms with van der Waals surface area (Å²) >= 11 is 5.91. The number of phenolic OH excluding ortho intramolecular Hbond substituents is 2. The van der Waals surface area contributed by atoms with Gasteiger partial charge in [-0.2, -0.15) is 0 Å². The molecule has 4 nitrogen and oxygen atoms in total. The Kier molecular flexibility index (Phi) is 3.33. The Balaban J connectivity index is 3.33. The van der Waals surface area contributed by atoms with E-state index in [0.717, 1.165) is 0 Å². The molecule has 1 aromatic carbocycles. The first-order valence-corrected chi connectivity index (χ1v) is 4.99. The molecule has 0 saturated carbocycles. The zero-order chi connectivity index (χ0) is 12.5. The Bertz CT molecular complexity index is 426. The molecule has 0 heterocycles. The number of phenols is 2. The van der Waals surface area contributed by atoms with Gasteiger partial charge in [-0.1, -0.05) is 11.6 Å². The van der Waals surface area contributed by atoms with Gasteiger partial charge in [0.1, 0.15) is 0 Å². The third kappa shape index (κ3) is 2.07. The third-order valence-corrected chi connectivity index (χ3v) is 2.75. The van der Waals surface area contributed by atoms with Gasteiger partial charge in [0.25, 0.3) is 0 Å². The number of hydrogen-bond donors (Lipinski definition) is 2. The van der Waals surface area contributed by atoms with E-state index in [2.05, 4.69) is 4.74 Å². The number of halogens is 1. The monoisotopic (exact) mass is 244 g/mol. The van der Waals surface area contributed by atoms with Crippen molar-refractivity contribution in [3.63, 3.8) is 0 Å². The second-order valence-corrected chi connectivity index (χ2v) is 4.34. The van der Waals surface area contributed by atoms with E-state index >= 15 is 0 Å². The molecule has 0 bridgehead atoms. The Hall–Kier alpha value is -1.42. The van der Waals surface area contributed by atoms with Gasteiger partial charge in [0.2, 0.25) is 0 Å². The van der Waals surface area contributed by atoms with E-state index in [1.54, 1.807) is 13.8 Å². The first-order valence-electron chi connectivity index (χ1n) is 4.61. The van der Waals surface area contributed by atoms with Gasteiger partial charge in [-0.15, -0.1) is 0 Å². The fourth-order valence-electron chi connectivity index (χ4n) is 1.40. The van der Waals surface area contributed by atoms with Gasteiger partial charge >= 0.3 is 5.97 Å². The van der Waals surface area contributed by atoms with Crippen molar-refractivity contribution in [3.8, 4) is 11.5 Å². The molecule has 1 aromatic rings. The van der Waals surface area contributed by atoms with Crippen molar-refractivity contribution in [2.24, 2.45) is 0 Å². The van der Waals surface area contributed by atoms with Crippen LogP contribution in [0.15, 0.2) is 12.1 Å². The summed E-state index contributed by atoms with van der Waals surface area (Å²) in [6.07, 6.45) is 0. The van der Waals surface area contributed by atoms with Gasteiger partial charge in [0.15, 0.2) is 11.5 Å². The van der Waals surface area contributed by atoms with Crippen molar-refractivity contribution in [2.75, 3.05) is 7.11 Å². The SMILES string of the molecule is COC(=O)C(C)(C)c1cc(O)c(O)cc1Cl. The maximum absolute atomic E-state index is 11.6. The zero-order valence-corrected chi connectivity index (χ0v) is 10.00. The lowest BCUT2D eigenvalue weighted by Crippen LogP contribution is -2.30. The molecule has 0 atom stereocenters. The summed E-state index contributed by atoms with van der Waals surface area (Å²) in [4.78, 5) is 11.6. The Morgan fingerprint density at radius 2 is 1.81 bits per heavy atom. The molecule has 0 radical (unpaired) electrons. The maximum Gasteiger partial charge on any atom is 0.315 e. The lowest BCUT2D eigenvalue weighted by molar-refractivity contribution is -0.146. The van der Waals surface area contributed by atoms with Gasteiger partial charge < -0.3 is 14.9 Å². The largest absolute Gasteiger partial charge is 0.504 e. The van der Waals surface area contributed by atoms with Crippen molar-refractivity contribution in [2.45, 2.75) is 19.3 Å². The Morgan fingerprint density at radius 3 is 2.31 bits per heavy atom. The highest BCUT2D eigenvalue weighted by atomic mass is 35.5. The third-order valence-electron chi connectivity index (χ3n) is 2.43. The van der Waals surface area contributed by atoms with Crippen LogP contribution in [0.1, 0.15) is 19.4 Å². The van der Waals surface area contributed by atoms with Crippen molar-refractivity contribution in [1.29, 1.82) is 0 Å². The minimum Gasteiger partial charge on any atom is -0.504 e. The van der Waals surface area contributed by atoms with Crippen LogP contribution in [-0.4, -0.2) is 23.3 Å². The number of benzene rings is 1. The number of esters is 1. The van der Waals surface area contributed by atoms with Gasteiger partial charge in [0, 0.05) is 11.1 Å². The molecule has 16 heavy (non-hydrogen) atoms. The fourth-order valence-corrected chi connectivity index (χ4v) is 1.79. The number of carbonyl (C=O) groups is 1. The highest BCUT2D eigenvalue weighted by molar-refractivity contribution is 6.32. The lowest BCUT2D eigenvalue weighted by Gasteiger charge is -2.23. The van der Waals surface area contributed by atoms with Crippen molar-refractivity contribution in [3.05, 3.63) is 22.7 Å². The first-order chi connectivity index (χ1) is 7.30. The van der Waals surface area contributed by atoms with E-state index in [0.29, 0.717) is 5.56 Å². The molecule has 0 saturated heterocycles. The molecule has 0 aliphatic rings. The van der Waals surface area contributed by atoms with E-state index < -0.39 is 11.4 Å². The standard InChI is InChI=1S/C11H13ClO4/c1-11(2,10(15)16-3)6-4-8(13)9(14)5-7(6)12/h4-5,13-14H,1-3H3. The molecule has 0 spiro atoms. The Morgan fingerprint density at radius 1 is 1.31 bits per heavy atom. The summed E-state index contributed by atoms with van der Waals surface area (Å²) in [6.45, 7) is 3.24. The van der Waals surface area contributed by atoms with Gasteiger partial charge in [0.05, 0.1) is 12.5 Å². The molecule has 0 aliphatic carbocycles. The number of aromatic hydroxyl groups is 2. The molecule has 2 N–H and O–H groups in total. The minimum atomic E-state index is -0.989. The van der Waals surface area contributed by atoms with Crippen LogP contribution in [0, 0.1) is 0 Å². The van der Waals surface area contributed by atoms with Crippen LogP contribution in [-0.2, 0) is 14.9 Å². The number of carbonyl (C=O) groups excluding carboxylic acids is 1. The van der Waals surface area contributed by atoms with Crippen LogP contribution in [0.3, 0.4) is 0 Å². The molecule has 0 unspecified atom stereocenters. The fraction of sp³-hybridized carbons (Fsp3) is 0.364. The van der Waals surface area contributed by atoms with E-state index in [1.807, 2.05) is 0 Å². The van der Waals surface area contributed by atoms with Crippen LogP contribution in [0.2, 0.25) is 5.02 Å². The molecular weight excluding hydrogens is 232 g/mol. The van der Waals surface area contributed by atoms with Gasteiger partial charge in [-0.3, -0.25) is 4.79 Å². The summed E-state index contributed by atoms with van der Waals surface area (Å²) in [5.41, 5.74) is -0.590. The van der Waals surface area contributed by atoms with E-state index in [4.69, 9.17) is 11.6 Å². The summed E-state index contributed by atoms with van der Waals surface area (Å²) in [5, 5.41) is 18.8. The van der Waals surface area contributed by atoms with Crippen LogP contribution >= 0.6 is 11.6 Å². The summed E-state index contributed by atoms with van der Waals surface area (Å²) in [5.74, 6) is -1.12. The van der Waals surface area contributed by atoms with E-state index in [1.165, 1.54) is 19.2 Å². The van der Waals surface area contributed by atoms with Crippen LogP contribution in [0.5, 0.6) is 11.5 Å². The predicted molar refractivity (Wildman–Crippen MR) is 59.8 cm³/mol. The number of methoxy groups -OCH3 is 1. The topological polar surface area (TPSA) is 66.8 Å². The van der Waals surface area contributed by atoms with Crippen LogP contribution in [0.25, 0.3) is 0 Å². The Labute approximate surface area is 98.4 Å². The second kappa shape index (κ2) is 4.22. The molecule has 0 amide bonds. The molecule has 5 heteroatoms. The molecule has 0 aliphatic heterocycles. The van der Waals surface area contributed by atoms with Crippen molar-refractivity contribution in [1.82, 2.24) is 0 Å². The molecule has 88 valence electrons. The average molecular weight is 245 g/mol. The lowest BCUT2D eigenvalue weighted by atomic mass is 9.84. The second-order valence-electron chi connectivity index (χ2n) is 3.94. The smallest absolute Gasteiger partial charge is 0.315 e. The highest BCUT2D eigenvalue weighted by Gasteiger charge is 2.33. The van der Waals surface area contributed by atoms with Gasteiger partial charge in [-0.05, 0) is 25.5 Å². The summed E-state index contributed by atoms with van der Waals surface area (Å²) in [6, 6.07) is 2.45. The van der Waals surface area contributed by atoms with Crippen molar-refractivity contribution < 1.29 is 19.7 Å². The van der Waals surface area contributed by atoms with Gasteiger partial charge in [-0.25, -0.2) is 0 Å². The number of rotatable bonds is 2. The molecule has 1 rings (SSSR count). The minimum absolute atomic E-state index is 0.200. The summed E-state index contributed by atoms with van der Waals surface area (Å²) < 4.78 is 4.65. The van der Waals surface area contributed by atoms with Crippen LogP contribution in [0.4, 0.5) is 0 Å². The van der Waals surface area contributed by atoms with E-state index in [-0.39, 0.29) is 16.5 Å². The number of ether oxygens (including phenoxy) is 1. The number of hydrogen-bond acceptors (Lipinski definition) is 4. The molecular formula is C11H13ClO4. The maximum atomic E-state index is 11.6. The predicted octanol–water partition coefficient (Wildman–Crippen LogP) is 2.20. The quantitative estimate of drug-likeness (QED) is 0.618. The van der Waals surface area contributed by atoms with Crippen molar-refractivity contribution >= 4 is 17.6 Å². The highest BCUT2D eigenvalue weighted by Crippen LogP contribution is 2.38. The average Bonchev–Trinajstić information content (AvgIpc) is 2.21. The normalized spacial score (nSPS) is 11.2.